The maximum Gasteiger partial charge on any atom is 0.147 e. The predicted molar refractivity (Wildman–Crippen MR) is 58.2 cm³/mol. The molecule has 0 heterocycles. The Morgan fingerprint density at radius 3 is 2.54 bits per heavy atom. The van der Waals surface area contributed by atoms with Crippen LogP contribution < -0.4 is 0 Å². The summed E-state index contributed by atoms with van der Waals surface area (Å²) >= 11 is 5.42. The molecule has 2 heteroatoms. The summed E-state index contributed by atoms with van der Waals surface area (Å²) in [4.78, 5) is 11.0. The highest BCUT2D eigenvalue weighted by molar-refractivity contribution is 6.27. The van der Waals surface area contributed by atoms with Gasteiger partial charge in [-0.15, -0.1) is 11.6 Å². The van der Waals surface area contributed by atoms with Gasteiger partial charge in [0.15, 0.2) is 0 Å². The first-order chi connectivity index (χ1) is 6.06. The second kappa shape index (κ2) is 7.14. The van der Waals surface area contributed by atoms with Crippen LogP contribution in [0, 0.1) is 5.92 Å². The van der Waals surface area contributed by atoms with Crippen molar-refractivity contribution in [1.82, 2.24) is 0 Å². The van der Waals surface area contributed by atoms with E-state index in [0.29, 0.717) is 12.3 Å². The quantitative estimate of drug-likeness (QED) is 0.476. The minimum atomic E-state index is 0.159. The Balaban J connectivity index is 3.57. The Morgan fingerprint density at radius 2 is 2.08 bits per heavy atom. The molecule has 0 aliphatic heterocycles. The van der Waals surface area contributed by atoms with E-state index in [9.17, 15) is 4.79 Å². The molecule has 0 aliphatic carbocycles. The Morgan fingerprint density at radius 1 is 1.46 bits per heavy atom. The van der Waals surface area contributed by atoms with Gasteiger partial charge in [-0.25, -0.2) is 0 Å². The summed E-state index contributed by atoms with van der Waals surface area (Å²) in [5.41, 5.74) is 1.34. The zero-order valence-corrected chi connectivity index (χ0v) is 9.53. The highest BCUT2D eigenvalue weighted by atomic mass is 35.5. The van der Waals surface area contributed by atoms with E-state index in [1.165, 1.54) is 5.57 Å². The smallest absolute Gasteiger partial charge is 0.147 e. The molecule has 0 aromatic rings. The zero-order chi connectivity index (χ0) is 10.3. The molecule has 0 fully saturated rings. The molecular weight excluding hydrogens is 184 g/mol. The number of Topliss-reactive ketones (excluding diaryl/α,β-unsaturated/α-hetero) is 1. The third-order valence-electron chi connectivity index (χ3n) is 1.94. The molecule has 0 spiro atoms. The highest BCUT2D eigenvalue weighted by Gasteiger charge is 2.06. The molecule has 0 bridgehead atoms. The predicted octanol–water partition coefficient (Wildman–Crippen LogP) is 3.57. The molecule has 0 saturated carbocycles. The van der Waals surface area contributed by atoms with Crippen molar-refractivity contribution in [3.05, 3.63) is 11.6 Å². The minimum Gasteiger partial charge on any atom is -0.298 e. The van der Waals surface area contributed by atoms with Gasteiger partial charge in [0.1, 0.15) is 5.78 Å². The first kappa shape index (κ1) is 12.7. The van der Waals surface area contributed by atoms with Crippen LogP contribution in [0.2, 0.25) is 0 Å². The second-order valence-electron chi connectivity index (χ2n) is 3.84. The molecule has 0 aromatic carbocycles. The summed E-state index contributed by atoms with van der Waals surface area (Å²) in [6.45, 7) is 6.28. The van der Waals surface area contributed by atoms with E-state index in [0.717, 1.165) is 12.8 Å². The van der Waals surface area contributed by atoms with Gasteiger partial charge < -0.3 is 0 Å². The Bertz CT molecular complexity index is 181. The van der Waals surface area contributed by atoms with Crippen LogP contribution in [-0.4, -0.2) is 11.7 Å². The average molecular weight is 203 g/mol. The molecule has 0 radical (unpaired) electrons. The lowest BCUT2D eigenvalue weighted by Crippen LogP contribution is -2.06. The van der Waals surface area contributed by atoms with Crippen molar-refractivity contribution in [3.63, 3.8) is 0 Å². The van der Waals surface area contributed by atoms with E-state index >= 15 is 0 Å². The number of hydrogen-bond donors (Lipinski definition) is 0. The van der Waals surface area contributed by atoms with Crippen LogP contribution in [0.3, 0.4) is 0 Å². The van der Waals surface area contributed by atoms with Crippen LogP contribution in [0.4, 0.5) is 0 Å². The fourth-order valence-electron chi connectivity index (χ4n) is 1.20. The molecule has 0 N–H and O–H groups in total. The topological polar surface area (TPSA) is 17.1 Å². The van der Waals surface area contributed by atoms with E-state index in [4.69, 9.17) is 11.6 Å². The molecule has 1 nitrogen and oxygen atoms in total. The van der Waals surface area contributed by atoms with Gasteiger partial charge in [-0.1, -0.05) is 18.6 Å². The molecule has 0 aliphatic rings. The van der Waals surface area contributed by atoms with E-state index in [1.807, 2.05) is 0 Å². The number of halogens is 1. The van der Waals surface area contributed by atoms with E-state index in [2.05, 4.69) is 26.8 Å². The van der Waals surface area contributed by atoms with Crippen molar-refractivity contribution in [3.8, 4) is 0 Å². The largest absolute Gasteiger partial charge is 0.298 e. The molecule has 76 valence electrons. The molecular formula is C11H19ClO. The fraction of sp³-hybridized carbons (Fsp3) is 0.727. The third kappa shape index (κ3) is 8.04. The summed E-state index contributed by atoms with van der Waals surface area (Å²) in [5.74, 6) is 0.778. The average Bonchev–Trinajstić information content (AvgIpc) is 2.03. The molecule has 0 amide bonds. The molecule has 0 aromatic heterocycles. The van der Waals surface area contributed by atoms with Crippen molar-refractivity contribution >= 4 is 17.4 Å². The second-order valence-corrected chi connectivity index (χ2v) is 4.11. The zero-order valence-electron chi connectivity index (χ0n) is 8.77. The van der Waals surface area contributed by atoms with Gasteiger partial charge in [0.25, 0.3) is 0 Å². The Labute approximate surface area is 86.2 Å². The molecule has 13 heavy (non-hydrogen) atoms. The maximum atomic E-state index is 11.0. The van der Waals surface area contributed by atoms with Crippen LogP contribution in [0.1, 0.15) is 40.0 Å². The van der Waals surface area contributed by atoms with Gasteiger partial charge in [0.2, 0.25) is 0 Å². The van der Waals surface area contributed by atoms with Gasteiger partial charge in [0.05, 0.1) is 5.88 Å². The molecule has 1 unspecified atom stereocenters. The summed E-state index contributed by atoms with van der Waals surface area (Å²) < 4.78 is 0. The lowest BCUT2D eigenvalue weighted by Gasteiger charge is -2.07. The monoisotopic (exact) mass is 202 g/mol. The number of hydrogen-bond acceptors (Lipinski definition) is 1. The summed E-state index contributed by atoms with van der Waals surface area (Å²) in [5, 5.41) is 0. The number of ketones is 1. The van der Waals surface area contributed by atoms with Crippen molar-refractivity contribution in [2.45, 2.75) is 40.0 Å². The Kier molecular flexibility index (Phi) is 6.97. The highest BCUT2D eigenvalue weighted by Crippen LogP contribution is 2.12. The number of alkyl halides is 1. The number of allylic oxidation sites excluding steroid dienone is 2. The molecule has 1 atom stereocenters. The lowest BCUT2D eigenvalue weighted by atomic mass is 9.99. The molecule has 0 saturated heterocycles. The van der Waals surface area contributed by atoms with Crippen LogP contribution >= 0.6 is 11.6 Å². The number of rotatable bonds is 6. The SMILES string of the molecule is CC(C)=CCCC(C)CC(=O)CCl. The summed E-state index contributed by atoms with van der Waals surface area (Å²) in [6.07, 6.45) is 4.98. The summed E-state index contributed by atoms with van der Waals surface area (Å²) in [6, 6.07) is 0. The van der Waals surface area contributed by atoms with Gasteiger partial charge >= 0.3 is 0 Å². The fourth-order valence-corrected chi connectivity index (χ4v) is 1.31. The van der Waals surface area contributed by atoms with Gasteiger partial charge in [-0.2, -0.15) is 0 Å². The van der Waals surface area contributed by atoms with Crippen LogP contribution in [0.15, 0.2) is 11.6 Å². The minimum absolute atomic E-state index is 0.159. The van der Waals surface area contributed by atoms with E-state index in [1.54, 1.807) is 0 Å². The van der Waals surface area contributed by atoms with Crippen molar-refractivity contribution < 1.29 is 4.79 Å². The first-order valence-electron chi connectivity index (χ1n) is 4.77. The van der Waals surface area contributed by atoms with Crippen molar-refractivity contribution in [1.29, 1.82) is 0 Å². The van der Waals surface area contributed by atoms with E-state index in [-0.39, 0.29) is 11.7 Å². The molecule has 0 rings (SSSR count). The Hall–Kier alpha value is -0.300. The van der Waals surface area contributed by atoms with Crippen molar-refractivity contribution in [2.24, 2.45) is 5.92 Å². The van der Waals surface area contributed by atoms with E-state index < -0.39 is 0 Å². The van der Waals surface area contributed by atoms with Gasteiger partial charge in [0, 0.05) is 6.42 Å². The van der Waals surface area contributed by atoms with Crippen LogP contribution in [0.5, 0.6) is 0 Å². The third-order valence-corrected chi connectivity index (χ3v) is 2.24. The van der Waals surface area contributed by atoms with Gasteiger partial charge in [-0.05, 0) is 32.6 Å². The maximum absolute atomic E-state index is 11.0. The summed E-state index contributed by atoms with van der Waals surface area (Å²) in [7, 11) is 0. The standard InChI is InChI=1S/C11H19ClO/c1-9(2)5-4-6-10(3)7-11(13)8-12/h5,10H,4,6-8H2,1-3H3. The van der Waals surface area contributed by atoms with Crippen LogP contribution in [0.25, 0.3) is 0 Å². The van der Waals surface area contributed by atoms with Crippen molar-refractivity contribution in [2.75, 3.05) is 5.88 Å². The van der Waals surface area contributed by atoms with Gasteiger partial charge in [-0.3, -0.25) is 4.79 Å². The first-order valence-corrected chi connectivity index (χ1v) is 5.30. The van der Waals surface area contributed by atoms with Crippen LogP contribution in [-0.2, 0) is 4.79 Å². The lowest BCUT2D eigenvalue weighted by molar-refractivity contribution is -0.117. The normalized spacial score (nSPS) is 12.3. The number of carbonyl (C=O) groups is 1. The number of carbonyl (C=O) groups excluding carboxylic acids is 1.